The van der Waals surface area contributed by atoms with E-state index >= 15 is 0 Å². The fraction of sp³-hybridized carbons (Fsp3) is 0.500. The summed E-state index contributed by atoms with van der Waals surface area (Å²) in [4.78, 5) is 22.3. The third-order valence-corrected chi connectivity index (χ3v) is 2.87. The Bertz CT molecular complexity index is 422. The number of amides is 2. The summed E-state index contributed by atoms with van der Waals surface area (Å²) >= 11 is 0. The van der Waals surface area contributed by atoms with Crippen molar-refractivity contribution in [3.05, 3.63) is 17.5 Å². The standard InChI is InChI=1S/C10H13N3O2/c1-6-8(5-11-13(6)2)3-7-4-9(14)12-10(7)15/h5,7H,3-4H2,1-2H3,(H,12,14,15). The van der Waals surface area contributed by atoms with Crippen LogP contribution in [0.25, 0.3) is 0 Å². The minimum Gasteiger partial charge on any atom is -0.296 e. The van der Waals surface area contributed by atoms with E-state index in [1.54, 1.807) is 10.9 Å². The summed E-state index contributed by atoms with van der Waals surface area (Å²) in [5.41, 5.74) is 2.08. The van der Waals surface area contributed by atoms with Crippen LogP contribution in [-0.4, -0.2) is 21.6 Å². The highest BCUT2D eigenvalue weighted by atomic mass is 16.2. The molecule has 1 aromatic rings. The lowest BCUT2D eigenvalue weighted by Crippen LogP contribution is -2.22. The summed E-state index contributed by atoms with van der Waals surface area (Å²) in [6.45, 7) is 1.96. The van der Waals surface area contributed by atoms with Crippen LogP contribution in [0.5, 0.6) is 0 Å². The topological polar surface area (TPSA) is 64.0 Å². The number of aromatic nitrogens is 2. The van der Waals surface area contributed by atoms with Gasteiger partial charge in [0, 0.05) is 19.2 Å². The summed E-state index contributed by atoms with van der Waals surface area (Å²) in [6, 6.07) is 0. The van der Waals surface area contributed by atoms with Crippen LogP contribution in [0.15, 0.2) is 6.20 Å². The Morgan fingerprint density at radius 1 is 1.60 bits per heavy atom. The lowest BCUT2D eigenvalue weighted by atomic mass is 9.98. The Hall–Kier alpha value is -1.65. The molecule has 0 radical (unpaired) electrons. The first-order valence-electron chi connectivity index (χ1n) is 4.89. The van der Waals surface area contributed by atoms with Crippen molar-refractivity contribution in [2.45, 2.75) is 19.8 Å². The van der Waals surface area contributed by atoms with E-state index in [0.29, 0.717) is 12.8 Å². The summed E-state index contributed by atoms with van der Waals surface area (Å²) in [6.07, 6.45) is 2.65. The number of nitrogens with zero attached hydrogens (tertiary/aromatic N) is 2. The first kappa shape index (κ1) is 9.89. The van der Waals surface area contributed by atoms with Gasteiger partial charge in [0.1, 0.15) is 0 Å². The molecule has 2 heterocycles. The van der Waals surface area contributed by atoms with Crippen LogP contribution in [0.1, 0.15) is 17.7 Å². The fourth-order valence-corrected chi connectivity index (χ4v) is 1.78. The Balaban J connectivity index is 2.12. The molecule has 0 saturated carbocycles. The third-order valence-electron chi connectivity index (χ3n) is 2.87. The minimum atomic E-state index is -0.222. The largest absolute Gasteiger partial charge is 0.296 e. The number of imide groups is 1. The first-order chi connectivity index (χ1) is 7.08. The molecular weight excluding hydrogens is 194 g/mol. The maximum atomic E-state index is 11.3. The van der Waals surface area contributed by atoms with E-state index in [0.717, 1.165) is 11.3 Å². The second-order valence-electron chi connectivity index (χ2n) is 3.90. The van der Waals surface area contributed by atoms with Gasteiger partial charge >= 0.3 is 0 Å². The van der Waals surface area contributed by atoms with Crippen LogP contribution in [0.2, 0.25) is 0 Å². The molecule has 1 N–H and O–H groups in total. The highest BCUT2D eigenvalue weighted by molar-refractivity contribution is 6.03. The molecular formula is C10H13N3O2. The molecule has 5 nitrogen and oxygen atoms in total. The average molecular weight is 207 g/mol. The average Bonchev–Trinajstić information content (AvgIpc) is 2.64. The van der Waals surface area contributed by atoms with E-state index in [2.05, 4.69) is 10.4 Å². The molecule has 1 saturated heterocycles. The maximum Gasteiger partial charge on any atom is 0.230 e. The molecule has 0 spiro atoms. The normalized spacial score (nSPS) is 20.8. The number of carbonyl (C=O) groups is 2. The maximum absolute atomic E-state index is 11.3. The van der Waals surface area contributed by atoms with Crippen molar-refractivity contribution >= 4 is 11.8 Å². The van der Waals surface area contributed by atoms with E-state index in [9.17, 15) is 9.59 Å². The van der Waals surface area contributed by atoms with Crippen molar-refractivity contribution < 1.29 is 9.59 Å². The molecule has 1 aliphatic heterocycles. The molecule has 0 aliphatic carbocycles. The molecule has 1 unspecified atom stereocenters. The second kappa shape index (κ2) is 3.49. The molecule has 5 heteroatoms. The molecule has 1 aromatic heterocycles. The quantitative estimate of drug-likeness (QED) is 0.691. The molecule has 2 amide bonds. The molecule has 1 aliphatic rings. The van der Waals surface area contributed by atoms with E-state index < -0.39 is 0 Å². The highest BCUT2D eigenvalue weighted by Gasteiger charge is 2.31. The van der Waals surface area contributed by atoms with Crippen molar-refractivity contribution in [2.24, 2.45) is 13.0 Å². The number of hydrogen-bond acceptors (Lipinski definition) is 3. The van der Waals surface area contributed by atoms with Gasteiger partial charge in [-0.25, -0.2) is 0 Å². The Kier molecular flexibility index (Phi) is 2.30. The van der Waals surface area contributed by atoms with Crippen LogP contribution < -0.4 is 5.32 Å². The van der Waals surface area contributed by atoms with Gasteiger partial charge in [0.25, 0.3) is 0 Å². The molecule has 1 fully saturated rings. The van der Waals surface area contributed by atoms with Gasteiger partial charge in [-0.2, -0.15) is 5.10 Å². The van der Waals surface area contributed by atoms with Gasteiger partial charge in [0.2, 0.25) is 11.8 Å². The van der Waals surface area contributed by atoms with Gasteiger partial charge in [0.15, 0.2) is 0 Å². The molecule has 15 heavy (non-hydrogen) atoms. The Labute approximate surface area is 87.5 Å². The van der Waals surface area contributed by atoms with Crippen LogP contribution in [0, 0.1) is 12.8 Å². The molecule has 0 bridgehead atoms. The molecule has 1 atom stereocenters. The van der Waals surface area contributed by atoms with Crippen LogP contribution in [-0.2, 0) is 23.1 Å². The van der Waals surface area contributed by atoms with Crippen LogP contribution >= 0.6 is 0 Å². The lowest BCUT2D eigenvalue weighted by molar-refractivity contribution is -0.125. The zero-order valence-corrected chi connectivity index (χ0v) is 8.78. The highest BCUT2D eigenvalue weighted by Crippen LogP contribution is 2.18. The zero-order chi connectivity index (χ0) is 11.0. The van der Waals surface area contributed by atoms with Crippen molar-refractivity contribution in [1.82, 2.24) is 15.1 Å². The number of hydrogen-bond donors (Lipinski definition) is 1. The fourth-order valence-electron chi connectivity index (χ4n) is 1.78. The zero-order valence-electron chi connectivity index (χ0n) is 8.78. The van der Waals surface area contributed by atoms with Crippen molar-refractivity contribution in [1.29, 1.82) is 0 Å². The van der Waals surface area contributed by atoms with E-state index in [1.165, 1.54) is 0 Å². The van der Waals surface area contributed by atoms with Crippen molar-refractivity contribution in [3.8, 4) is 0 Å². The third kappa shape index (κ3) is 1.77. The summed E-state index contributed by atoms with van der Waals surface area (Å²) < 4.78 is 1.77. The number of carbonyl (C=O) groups excluding carboxylic acids is 2. The van der Waals surface area contributed by atoms with Gasteiger partial charge in [-0.05, 0) is 18.9 Å². The lowest BCUT2D eigenvalue weighted by Gasteiger charge is -2.04. The van der Waals surface area contributed by atoms with Gasteiger partial charge in [0.05, 0.1) is 12.1 Å². The Morgan fingerprint density at radius 2 is 2.33 bits per heavy atom. The predicted molar refractivity (Wildman–Crippen MR) is 52.9 cm³/mol. The SMILES string of the molecule is Cc1c(CC2CC(=O)NC2=O)cnn1C. The molecule has 2 rings (SSSR count). The first-order valence-corrected chi connectivity index (χ1v) is 4.89. The van der Waals surface area contributed by atoms with Gasteiger partial charge < -0.3 is 0 Å². The second-order valence-corrected chi connectivity index (χ2v) is 3.90. The van der Waals surface area contributed by atoms with Crippen molar-refractivity contribution in [2.75, 3.05) is 0 Å². The predicted octanol–water partition coefficient (Wildman–Crippen LogP) is -0.0663. The molecule has 80 valence electrons. The van der Waals surface area contributed by atoms with E-state index in [1.807, 2.05) is 14.0 Å². The van der Waals surface area contributed by atoms with E-state index in [-0.39, 0.29) is 17.7 Å². The smallest absolute Gasteiger partial charge is 0.230 e. The number of aryl methyl sites for hydroxylation is 1. The summed E-state index contributed by atoms with van der Waals surface area (Å²) in [7, 11) is 1.86. The number of nitrogens with one attached hydrogen (secondary N) is 1. The van der Waals surface area contributed by atoms with E-state index in [4.69, 9.17) is 0 Å². The monoisotopic (exact) mass is 207 g/mol. The Morgan fingerprint density at radius 3 is 2.80 bits per heavy atom. The number of rotatable bonds is 2. The summed E-state index contributed by atoms with van der Waals surface area (Å²) in [5.74, 6) is -0.560. The van der Waals surface area contributed by atoms with Gasteiger partial charge in [-0.15, -0.1) is 0 Å². The van der Waals surface area contributed by atoms with Crippen LogP contribution in [0.3, 0.4) is 0 Å². The van der Waals surface area contributed by atoms with Gasteiger partial charge in [-0.1, -0.05) is 0 Å². The minimum absolute atomic E-state index is 0.164. The van der Waals surface area contributed by atoms with Crippen molar-refractivity contribution in [3.63, 3.8) is 0 Å². The van der Waals surface area contributed by atoms with Gasteiger partial charge in [-0.3, -0.25) is 19.6 Å². The summed E-state index contributed by atoms with van der Waals surface area (Å²) in [5, 5.41) is 6.41. The van der Waals surface area contributed by atoms with Crippen LogP contribution in [0.4, 0.5) is 0 Å². The molecule has 0 aromatic carbocycles.